The first-order valence-corrected chi connectivity index (χ1v) is 19.7. The highest BCUT2D eigenvalue weighted by Gasteiger charge is 2.57. The Labute approximate surface area is 299 Å². The maximum Gasteiger partial charge on any atom is 0.0970 e. The van der Waals surface area contributed by atoms with Crippen molar-refractivity contribution in [2.75, 3.05) is 9.80 Å². The molecule has 0 amide bonds. The lowest BCUT2D eigenvalue weighted by molar-refractivity contribution is 0.364. The molecule has 2 nitrogen and oxygen atoms in total. The van der Waals surface area contributed by atoms with Gasteiger partial charge in [-0.05, 0) is 137 Å². The first-order valence-electron chi connectivity index (χ1n) is 17.9. The molecule has 9 rings (SSSR count). The number of nitrogens with zero attached hydrogens (tertiary/aromatic N) is 2. The second-order valence-corrected chi connectivity index (χ2v) is 16.9. The van der Waals surface area contributed by atoms with Gasteiger partial charge in [0.25, 0.3) is 0 Å². The van der Waals surface area contributed by atoms with E-state index in [1.54, 1.807) is 0 Å². The largest absolute Gasteiger partial charge is 0.323 e. The van der Waals surface area contributed by atoms with E-state index in [2.05, 4.69) is 159 Å². The first-order chi connectivity index (χ1) is 23.7. The van der Waals surface area contributed by atoms with Gasteiger partial charge in [0.1, 0.15) is 0 Å². The summed E-state index contributed by atoms with van der Waals surface area (Å²) < 4.78 is 0. The van der Waals surface area contributed by atoms with E-state index in [9.17, 15) is 0 Å². The minimum absolute atomic E-state index is 0.0613. The van der Waals surface area contributed by atoms with E-state index >= 15 is 0 Å². The van der Waals surface area contributed by atoms with E-state index < -0.39 is 0 Å². The van der Waals surface area contributed by atoms with E-state index in [0.717, 1.165) is 25.7 Å². The number of thiophene rings is 2. The lowest BCUT2D eigenvalue weighted by Crippen LogP contribution is -2.51. The van der Waals surface area contributed by atoms with Crippen molar-refractivity contribution in [3.05, 3.63) is 152 Å². The number of rotatable bonds is 9. The van der Waals surface area contributed by atoms with Crippen molar-refractivity contribution >= 4 is 44.1 Å². The molecule has 2 aromatic heterocycles. The molecule has 246 valence electrons. The van der Waals surface area contributed by atoms with Crippen LogP contribution in [-0.2, 0) is 22.9 Å². The topological polar surface area (TPSA) is 6.48 Å². The van der Waals surface area contributed by atoms with Crippen LogP contribution < -0.4 is 9.80 Å². The minimum atomic E-state index is -0.109. The van der Waals surface area contributed by atoms with Gasteiger partial charge >= 0.3 is 0 Å². The molecule has 0 N–H and O–H groups in total. The Morgan fingerprint density at radius 1 is 0.612 bits per heavy atom. The summed E-state index contributed by atoms with van der Waals surface area (Å²) in [6.07, 6.45) is 4.34. The summed E-state index contributed by atoms with van der Waals surface area (Å²) >= 11 is 3.69. The van der Waals surface area contributed by atoms with Gasteiger partial charge in [-0.15, -0.1) is 22.7 Å². The summed E-state index contributed by atoms with van der Waals surface area (Å²) in [5.41, 5.74) is 16.8. The van der Waals surface area contributed by atoms with Crippen LogP contribution in [0.4, 0.5) is 21.4 Å². The molecule has 3 aliphatic carbocycles. The van der Waals surface area contributed by atoms with Gasteiger partial charge in [0, 0.05) is 23.2 Å². The highest BCUT2D eigenvalue weighted by Crippen LogP contribution is 2.64. The molecule has 49 heavy (non-hydrogen) atoms. The number of benzene rings is 4. The van der Waals surface area contributed by atoms with Crippen molar-refractivity contribution in [2.45, 2.75) is 83.7 Å². The summed E-state index contributed by atoms with van der Waals surface area (Å²) in [6.45, 7) is 14.0. The van der Waals surface area contributed by atoms with Gasteiger partial charge in [-0.2, -0.15) is 0 Å². The van der Waals surface area contributed by atoms with Crippen LogP contribution in [0.3, 0.4) is 0 Å². The predicted octanol–water partition coefficient (Wildman–Crippen LogP) is 12.9. The van der Waals surface area contributed by atoms with Crippen LogP contribution in [0.1, 0.15) is 91.5 Å². The second kappa shape index (κ2) is 10.9. The molecule has 2 atom stereocenters. The molecule has 0 aliphatic heterocycles. The van der Waals surface area contributed by atoms with Crippen LogP contribution in [0.25, 0.3) is 11.1 Å². The number of aryl methyl sites for hydroxylation is 2. The Balaban J connectivity index is 1.16. The summed E-state index contributed by atoms with van der Waals surface area (Å²) in [4.78, 5) is 5.29. The van der Waals surface area contributed by atoms with E-state index in [0.29, 0.717) is 0 Å². The normalized spacial score (nSPS) is 20.5. The van der Waals surface area contributed by atoms with Gasteiger partial charge < -0.3 is 9.80 Å². The summed E-state index contributed by atoms with van der Waals surface area (Å²) in [5, 5.41) is 7.06. The quantitative estimate of drug-likeness (QED) is 0.150. The molecule has 2 unspecified atom stereocenters. The van der Waals surface area contributed by atoms with Crippen LogP contribution in [-0.4, -0.2) is 0 Å². The highest BCUT2D eigenvalue weighted by atomic mass is 32.1. The Morgan fingerprint density at radius 3 is 1.69 bits per heavy atom. The van der Waals surface area contributed by atoms with E-state index in [1.165, 1.54) is 77.0 Å². The van der Waals surface area contributed by atoms with Gasteiger partial charge in [-0.1, -0.05) is 87.7 Å². The second-order valence-electron chi connectivity index (χ2n) is 15.0. The lowest BCUT2D eigenvalue weighted by Gasteiger charge is -2.52. The molecule has 4 heteroatoms. The van der Waals surface area contributed by atoms with Crippen molar-refractivity contribution < 1.29 is 0 Å². The average Bonchev–Trinajstić information content (AvgIpc) is 3.59. The number of anilines is 4. The molecular weight excluding hydrogens is 633 g/mol. The summed E-state index contributed by atoms with van der Waals surface area (Å²) in [7, 11) is 0. The zero-order valence-electron chi connectivity index (χ0n) is 29.4. The molecule has 6 aromatic rings. The molecule has 0 fully saturated rings. The van der Waals surface area contributed by atoms with Crippen LogP contribution >= 0.6 is 22.7 Å². The van der Waals surface area contributed by atoms with Gasteiger partial charge in [-0.25, -0.2) is 0 Å². The SMILES string of the molecule is CCCC1(N(c2ccc(C)cc2)c2cccs2)c2cc3c(cc21)C(C)(C)c1cc2c(cc1-3)CC2(CC)N(c1ccc(C)cc1)c1cccs1. The molecule has 0 saturated carbocycles. The minimum Gasteiger partial charge on any atom is -0.323 e. The van der Waals surface area contributed by atoms with Crippen LogP contribution in [0, 0.1) is 13.8 Å². The lowest BCUT2D eigenvalue weighted by atomic mass is 9.65. The maximum atomic E-state index is 2.64. The molecule has 0 radical (unpaired) electrons. The average molecular weight is 677 g/mol. The number of fused-ring (bicyclic) bond motifs is 5. The Bertz CT molecular complexity index is 2190. The first kappa shape index (κ1) is 30.9. The zero-order chi connectivity index (χ0) is 33.7. The van der Waals surface area contributed by atoms with Crippen molar-refractivity contribution in [3.8, 4) is 11.1 Å². The number of hydrogen-bond acceptors (Lipinski definition) is 4. The van der Waals surface area contributed by atoms with Crippen LogP contribution in [0.15, 0.2) is 108 Å². The van der Waals surface area contributed by atoms with E-state index in [1.807, 2.05) is 22.7 Å². The summed E-state index contributed by atoms with van der Waals surface area (Å²) in [6, 6.07) is 37.6. The zero-order valence-corrected chi connectivity index (χ0v) is 31.1. The predicted molar refractivity (Wildman–Crippen MR) is 211 cm³/mol. The smallest absolute Gasteiger partial charge is 0.0970 e. The van der Waals surface area contributed by atoms with Gasteiger partial charge in [0.05, 0.1) is 21.1 Å². The van der Waals surface area contributed by atoms with Gasteiger partial charge in [-0.3, -0.25) is 0 Å². The Kier molecular flexibility index (Phi) is 6.90. The van der Waals surface area contributed by atoms with E-state index in [-0.39, 0.29) is 16.5 Å². The highest BCUT2D eigenvalue weighted by molar-refractivity contribution is 7.14. The van der Waals surface area contributed by atoms with Crippen LogP contribution in [0.5, 0.6) is 0 Å². The standard InChI is InChI=1S/C45H44N2S2/c1-7-21-45(47(42-12-10-23-49-42)33-19-15-30(4)16-20-33)39-25-35-34-24-31-28-44(8-2,36(31)26-37(34)43(5,6)38(35)27-40(39)45)46(41-11-9-22-48-41)32-17-13-29(3)14-18-32/h9-20,22-27H,7-8,21,28H2,1-6H3. The van der Waals surface area contributed by atoms with Crippen molar-refractivity contribution in [1.29, 1.82) is 0 Å². The van der Waals surface area contributed by atoms with Crippen LogP contribution in [0.2, 0.25) is 0 Å². The summed E-state index contributed by atoms with van der Waals surface area (Å²) in [5.74, 6) is 0. The third-order valence-electron chi connectivity index (χ3n) is 11.9. The fourth-order valence-electron chi connectivity index (χ4n) is 9.30. The van der Waals surface area contributed by atoms with E-state index in [4.69, 9.17) is 0 Å². The molecule has 0 bridgehead atoms. The van der Waals surface area contributed by atoms with Crippen molar-refractivity contribution in [2.24, 2.45) is 0 Å². The molecular formula is C45H44N2S2. The Morgan fingerprint density at radius 2 is 1.14 bits per heavy atom. The molecule has 0 saturated heterocycles. The fraction of sp³-hybridized carbons (Fsp3) is 0.289. The molecule has 4 aromatic carbocycles. The monoisotopic (exact) mass is 676 g/mol. The fourth-order valence-corrected chi connectivity index (χ4v) is 11.0. The van der Waals surface area contributed by atoms with Crippen molar-refractivity contribution in [1.82, 2.24) is 0 Å². The molecule has 2 heterocycles. The third kappa shape index (κ3) is 4.29. The van der Waals surface area contributed by atoms with Gasteiger partial charge in [0.15, 0.2) is 0 Å². The maximum absolute atomic E-state index is 2.64. The third-order valence-corrected chi connectivity index (χ3v) is 13.6. The van der Waals surface area contributed by atoms with Gasteiger partial charge in [0.2, 0.25) is 0 Å². The Hall–Kier alpha value is -4.12. The molecule has 3 aliphatic rings. The molecule has 0 spiro atoms. The number of hydrogen-bond donors (Lipinski definition) is 0. The van der Waals surface area contributed by atoms with Crippen molar-refractivity contribution in [3.63, 3.8) is 0 Å².